The third-order valence-electron chi connectivity index (χ3n) is 6.00. The van der Waals surface area contributed by atoms with Crippen molar-refractivity contribution in [2.24, 2.45) is 0 Å². The van der Waals surface area contributed by atoms with E-state index >= 15 is 0 Å². The maximum Gasteiger partial charge on any atom is 0.178 e. The van der Waals surface area contributed by atoms with Crippen LogP contribution in [0.5, 0.6) is 0 Å². The summed E-state index contributed by atoms with van der Waals surface area (Å²) in [6.45, 7) is 2.02. The molecular formula is C24H22N6. The van der Waals surface area contributed by atoms with Crippen molar-refractivity contribution in [3.05, 3.63) is 67.1 Å². The molecule has 2 aromatic carbocycles. The van der Waals surface area contributed by atoms with Crippen LogP contribution in [0.25, 0.3) is 44.7 Å². The first-order chi connectivity index (χ1) is 14.9. The molecule has 1 aliphatic heterocycles. The van der Waals surface area contributed by atoms with E-state index in [0.717, 1.165) is 59.9 Å². The van der Waals surface area contributed by atoms with Crippen molar-refractivity contribution in [2.75, 3.05) is 13.1 Å². The van der Waals surface area contributed by atoms with Crippen molar-refractivity contribution in [1.29, 1.82) is 0 Å². The van der Waals surface area contributed by atoms with Gasteiger partial charge in [-0.05, 0) is 54.4 Å². The van der Waals surface area contributed by atoms with E-state index in [4.69, 9.17) is 9.97 Å². The van der Waals surface area contributed by atoms with Crippen LogP contribution in [0.1, 0.15) is 18.9 Å². The Morgan fingerprint density at radius 3 is 2.60 bits per heavy atom. The first-order valence-electron chi connectivity index (χ1n) is 10.4. The van der Waals surface area contributed by atoms with E-state index in [-0.39, 0.29) is 0 Å². The third kappa shape index (κ3) is 2.88. The first kappa shape index (κ1) is 17.4. The van der Waals surface area contributed by atoms with Gasteiger partial charge in [0.2, 0.25) is 0 Å². The summed E-state index contributed by atoms with van der Waals surface area (Å²) < 4.78 is 2.28. The van der Waals surface area contributed by atoms with Gasteiger partial charge in [0.1, 0.15) is 5.52 Å². The highest BCUT2D eigenvalue weighted by Crippen LogP contribution is 2.32. The minimum Gasteiger partial charge on any atom is -0.342 e. The number of hydrogen-bond acceptors (Lipinski definition) is 4. The number of rotatable bonds is 3. The monoisotopic (exact) mass is 394 g/mol. The molecule has 1 fully saturated rings. The zero-order chi connectivity index (χ0) is 19.9. The van der Waals surface area contributed by atoms with E-state index < -0.39 is 0 Å². The van der Waals surface area contributed by atoms with Gasteiger partial charge < -0.3 is 14.9 Å². The fourth-order valence-corrected chi connectivity index (χ4v) is 4.47. The SMILES string of the molecule is c1ccc2cc(-c3cnc4c(c3)nc(-c3ncc[nH]3)n4C3CCNCC3)ccc2c1. The Morgan fingerprint density at radius 1 is 0.900 bits per heavy atom. The zero-order valence-corrected chi connectivity index (χ0v) is 16.5. The van der Waals surface area contributed by atoms with Gasteiger partial charge >= 0.3 is 0 Å². The third-order valence-corrected chi connectivity index (χ3v) is 6.00. The molecule has 0 bridgehead atoms. The van der Waals surface area contributed by atoms with E-state index in [0.29, 0.717) is 6.04 Å². The average molecular weight is 394 g/mol. The van der Waals surface area contributed by atoms with Gasteiger partial charge in [0.25, 0.3) is 0 Å². The van der Waals surface area contributed by atoms with Crippen LogP contribution in [0, 0.1) is 0 Å². The average Bonchev–Trinajstić information content (AvgIpc) is 3.46. The van der Waals surface area contributed by atoms with E-state index in [1.54, 1.807) is 6.20 Å². The minimum atomic E-state index is 0.371. The van der Waals surface area contributed by atoms with Gasteiger partial charge in [0.15, 0.2) is 17.3 Å². The van der Waals surface area contributed by atoms with Crippen molar-refractivity contribution in [1.82, 2.24) is 29.8 Å². The lowest BCUT2D eigenvalue weighted by Gasteiger charge is -2.25. The second-order valence-corrected chi connectivity index (χ2v) is 7.85. The van der Waals surface area contributed by atoms with Crippen molar-refractivity contribution in [3.8, 4) is 22.8 Å². The van der Waals surface area contributed by atoms with E-state index in [2.05, 4.69) is 68.4 Å². The zero-order valence-electron chi connectivity index (χ0n) is 16.5. The summed E-state index contributed by atoms with van der Waals surface area (Å²) in [4.78, 5) is 17.5. The maximum atomic E-state index is 4.97. The summed E-state index contributed by atoms with van der Waals surface area (Å²) >= 11 is 0. The molecule has 0 aliphatic carbocycles. The fourth-order valence-electron chi connectivity index (χ4n) is 4.47. The van der Waals surface area contributed by atoms with E-state index in [9.17, 15) is 0 Å². The van der Waals surface area contributed by atoms with Gasteiger partial charge in [-0.3, -0.25) is 0 Å². The number of nitrogens with one attached hydrogen (secondary N) is 2. The Morgan fingerprint density at radius 2 is 1.77 bits per heavy atom. The Labute approximate surface area is 174 Å². The van der Waals surface area contributed by atoms with Gasteiger partial charge in [0.05, 0.1) is 0 Å². The van der Waals surface area contributed by atoms with Crippen LogP contribution in [0.4, 0.5) is 0 Å². The number of imidazole rings is 2. The number of benzene rings is 2. The molecule has 1 saturated heterocycles. The molecule has 0 atom stereocenters. The quantitative estimate of drug-likeness (QED) is 0.470. The number of H-pyrrole nitrogens is 1. The number of pyridine rings is 1. The second-order valence-electron chi connectivity index (χ2n) is 7.85. The van der Waals surface area contributed by atoms with Crippen molar-refractivity contribution < 1.29 is 0 Å². The number of piperidine rings is 1. The molecular weight excluding hydrogens is 372 g/mol. The summed E-state index contributed by atoms with van der Waals surface area (Å²) in [6.07, 6.45) is 7.71. The van der Waals surface area contributed by atoms with Crippen LogP contribution in [-0.2, 0) is 0 Å². The highest BCUT2D eigenvalue weighted by molar-refractivity contribution is 5.89. The summed E-state index contributed by atoms with van der Waals surface area (Å²) in [5.74, 6) is 1.66. The largest absolute Gasteiger partial charge is 0.342 e. The van der Waals surface area contributed by atoms with Crippen LogP contribution in [0.15, 0.2) is 67.1 Å². The lowest BCUT2D eigenvalue weighted by Crippen LogP contribution is -2.29. The summed E-state index contributed by atoms with van der Waals surface area (Å²) in [7, 11) is 0. The molecule has 2 N–H and O–H groups in total. The van der Waals surface area contributed by atoms with E-state index in [1.165, 1.54) is 10.8 Å². The molecule has 6 nitrogen and oxygen atoms in total. The molecule has 6 rings (SSSR count). The fraction of sp³-hybridized carbons (Fsp3) is 0.208. The maximum absolute atomic E-state index is 4.97. The number of aromatic nitrogens is 5. The van der Waals surface area contributed by atoms with Crippen LogP contribution >= 0.6 is 0 Å². The molecule has 3 aromatic heterocycles. The molecule has 1 aliphatic rings. The van der Waals surface area contributed by atoms with Gasteiger partial charge in [-0.2, -0.15) is 0 Å². The molecule has 5 aromatic rings. The van der Waals surface area contributed by atoms with Crippen LogP contribution in [0.2, 0.25) is 0 Å². The van der Waals surface area contributed by atoms with Gasteiger partial charge in [-0.1, -0.05) is 36.4 Å². The molecule has 30 heavy (non-hydrogen) atoms. The van der Waals surface area contributed by atoms with Crippen molar-refractivity contribution in [2.45, 2.75) is 18.9 Å². The Kier molecular flexibility index (Phi) is 4.09. The van der Waals surface area contributed by atoms with Crippen LogP contribution < -0.4 is 5.32 Å². The predicted molar refractivity (Wildman–Crippen MR) is 119 cm³/mol. The predicted octanol–water partition coefficient (Wildman–Crippen LogP) is 4.57. The van der Waals surface area contributed by atoms with E-state index in [1.807, 2.05) is 12.4 Å². The molecule has 0 unspecified atom stereocenters. The van der Waals surface area contributed by atoms with Gasteiger partial charge in [0, 0.05) is 30.2 Å². The molecule has 0 spiro atoms. The molecule has 0 saturated carbocycles. The van der Waals surface area contributed by atoms with Crippen molar-refractivity contribution >= 4 is 21.9 Å². The van der Waals surface area contributed by atoms with Gasteiger partial charge in [-0.15, -0.1) is 0 Å². The molecule has 148 valence electrons. The van der Waals surface area contributed by atoms with Crippen molar-refractivity contribution in [3.63, 3.8) is 0 Å². The number of aromatic amines is 1. The Hall–Kier alpha value is -3.51. The van der Waals surface area contributed by atoms with Gasteiger partial charge in [-0.25, -0.2) is 15.0 Å². The number of nitrogens with zero attached hydrogens (tertiary/aromatic N) is 4. The highest BCUT2D eigenvalue weighted by atomic mass is 15.2. The lowest BCUT2D eigenvalue weighted by atomic mass is 10.0. The standard InChI is InChI=1S/C24H22N6/c1-2-4-17-13-18(6-5-16(17)3-1)19-14-21-23(28-15-19)30(20-7-9-25-10-8-20)24(29-21)22-26-11-12-27-22/h1-6,11-15,20,25H,7-10H2,(H,26,27). The minimum absolute atomic E-state index is 0.371. The van der Waals surface area contributed by atoms with Crippen LogP contribution in [-0.4, -0.2) is 37.6 Å². The molecule has 0 amide bonds. The molecule has 0 radical (unpaired) electrons. The molecule has 4 heterocycles. The Bertz CT molecular complexity index is 1330. The number of fused-ring (bicyclic) bond motifs is 2. The summed E-state index contributed by atoms with van der Waals surface area (Å²) in [5, 5.41) is 5.92. The normalized spacial score (nSPS) is 15.2. The topological polar surface area (TPSA) is 71.4 Å². The smallest absolute Gasteiger partial charge is 0.178 e. The second kappa shape index (κ2) is 7.07. The first-order valence-corrected chi connectivity index (χ1v) is 10.4. The number of hydrogen-bond donors (Lipinski definition) is 2. The highest BCUT2D eigenvalue weighted by Gasteiger charge is 2.24. The lowest BCUT2D eigenvalue weighted by molar-refractivity contribution is 0.375. The summed E-state index contributed by atoms with van der Waals surface area (Å²) in [6, 6.07) is 17.5. The Balaban J connectivity index is 1.50. The van der Waals surface area contributed by atoms with Crippen LogP contribution in [0.3, 0.4) is 0 Å². The summed E-state index contributed by atoms with van der Waals surface area (Å²) in [5.41, 5.74) is 4.07. The molecule has 6 heteroatoms.